The number of anilines is 1. The Bertz CT molecular complexity index is 1400. The van der Waals surface area contributed by atoms with E-state index >= 15 is 0 Å². The van der Waals surface area contributed by atoms with Crippen LogP contribution in [0.4, 0.5) is 18.9 Å². The van der Waals surface area contributed by atoms with Crippen molar-refractivity contribution in [3.8, 4) is 10.6 Å². The number of rotatable bonds is 7. The molecule has 0 saturated heterocycles. The molecule has 0 aliphatic heterocycles. The minimum atomic E-state index is -4.73. The maximum atomic E-state index is 13.8. The third kappa shape index (κ3) is 4.90. The average Bonchev–Trinajstić information content (AvgIpc) is 3.54. The van der Waals surface area contributed by atoms with Gasteiger partial charge in [0.15, 0.2) is 17.0 Å². The molecule has 0 spiro atoms. The van der Waals surface area contributed by atoms with Crippen LogP contribution in [0.1, 0.15) is 51.8 Å². The SMILES string of the molecule is CCCNC(=O)c1c(NC(=O)c2cc3nc(-c4ccc(CC)s4)cc(C(F)(F)F)n3n2)cnn1C. The molecule has 4 aromatic heterocycles. The predicted molar refractivity (Wildman–Crippen MR) is 124 cm³/mol. The van der Waals surface area contributed by atoms with Gasteiger partial charge in [0.05, 0.1) is 22.5 Å². The van der Waals surface area contributed by atoms with Crippen molar-refractivity contribution in [1.82, 2.24) is 29.7 Å². The predicted octanol–water partition coefficient (Wildman–Crippen LogP) is 4.16. The molecule has 9 nitrogen and oxygen atoms in total. The van der Waals surface area contributed by atoms with Crippen molar-refractivity contribution in [1.29, 1.82) is 0 Å². The van der Waals surface area contributed by atoms with Gasteiger partial charge in [0.1, 0.15) is 5.69 Å². The van der Waals surface area contributed by atoms with Crippen LogP contribution in [0.25, 0.3) is 16.2 Å². The summed E-state index contributed by atoms with van der Waals surface area (Å²) in [5.41, 5.74) is -1.11. The summed E-state index contributed by atoms with van der Waals surface area (Å²) in [5, 5.41) is 13.1. The summed E-state index contributed by atoms with van der Waals surface area (Å²) in [5.74, 6) is -1.24. The van der Waals surface area contributed by atoms with E-state index in [0.29, 0.717) is 22.4 Å². The van der Waals surface area contributed by atoms with Gasteiger partial charge in [-0.15, -0.1) is 11.3 Å². The molecule has 0 aliphatic rings. The Balaban J connectivity index is 1.71. The fourth-order valence-corrected chi connectivity index (χ4v) is 4.33. The van der Waals surface area contributed by atoms with Gasteiger partial charge in [-0.3, -0.25) is 14.3 Å². The molecular formula is C22H22F3N7O2S. The Labute approximate surface area is 202 Å². The van der Waals surface area contributed by atoms with Crippen LogP contribution in [0.5, 0.6) is 0 Å². The topological polar surface area (TPSA) is 106 Å². The number of nitrogens with one attached hydrogen (secondary N) is 2. The van der Waals surface area contributed by atoms with Gasteiger partial charge in [-0.25, -0.2) is 9.50 Å². The molecule has 0 unspecified atom stereocenters. The summed E-state index contributed by atoms with van der Waals surface area (Å²) in [6, 6.07) is 5.66. The Morgan fingerprint density at radius 2 is 1.91 bits per heavy atom. The third-order valence-electron chi connectivity index (χ3n) is 5.15. The van der Waals surface area contributed by atoms with Crippen LogP contribution in [-0.2, 0) is 19.6 Å². The zero-order valence-corrected chi connectivity index (χ0v) is 19.9. The second-order valence-corrected chi connectivity index (χ2v) is 8.85. The van der Waals surface area contributed by atoms with E-state index in [0.717, 1.165) is 17.4 Å². The molecule has 4 rings (SSSR count). The van der Waals surface area contributed by atoms with E-state index < -0.39 is 23.7 Å². The summed E-state index contributed by atoms with van der Waals surface area (Å²) >= 11 is 1.35. The number of aromatic nitrogens is 5. The molecule has 2 amide bonds. The van der Waals surface area contributed by atoms with Crippen molar-refractivity contribution in [2.75, 3.05) is 11.9 Å². The van der Waals surface area contributed by atoms with E-state index in [4.69, 9.17) is 0 Å². The lowest BCUT2D eigenvalue weighted by Gasteiger charge is -2.10. The first-order valence-corrected chi connectivity index (χ1v) is 11.6. The van der Waals surface area contributed by atoms with E-state index in [9.17, 15) is 22.8 Å². The van der Waals surface area contributed by atoms with E-state index in [1.54, 1.807) is 6.07 Å². The first-order chi connectivity index (χ1) is 16.6. The van der Waals surface area contributed by atoms with Gasteiger partial charge >= 0.3 is 6.18 Å². The molecule has 35 heavy (non-hydrogen) atoms. The number of thiophene rings is 1. The zero-order chi connectivity index (χ0) is 25.3. The number of hydrogen-bond acceptors (Lipinski definition) is 6. The first-order valence-electron chi connectivity index (χ1n) is 10.8. The fraction of sp³-hybridized carbons (Fsp3) is 0.318. The highest BCUT2D eigenvalue weighted by Gasteiger charge is 2.36. The quantitative estimate of drug-likeness (QED) is 0.392. The molecule has 0 fully saturated rings. The normalized spacial score (nSPS) is 11.7. The summed E-state index contributed by atoms with van der Waals surface area (Å²) in [4.78, 5) is 31.2. The summed E-state index contributed by atoms with van der Waals surface area (Å²) in [7, 11) is 1.54. The number of fused-ring (bicyclic) bond motifs is 1. The van der Waals surface area contributed by atoms with Crippen LogP contribution in [0.2, 0.25) is 0 Å². The first kappa shape index (κ1) is 24.4. The van der Waals surface area contributed by atoms with E-state index in [1.807, 2.05) is 19.9 Å². The zero-order valence-electron chi connectivity index (χ0n) is 19.1. The molecule has 0 aromatic carbocycles. The number of alkyl halides is 3. The van der Waals surface area contributed by atoms with Crippen LogP contribution >= 0.6 is 11.3 Å². The Hall–Kier alpha value is -3.74. The number of amides is 2. The molecule has 2 N–H and O–H groups in total. The molecule has 0 bridgehead atoms. The van der Waals surface area contributed by atoms with Crippen LogP contribution in [0.3, 0.4) is 0 Å². The highest BCUT2D eigenvalue weighted by Crippen LogP contribution is 2.34. The minimum absolute atomic E-state index is 0.108. The molecule has 4 heterocycles. The van der Waals surface area contributed by atoms with Crippen molar-refractivity contribution >= 4 is 34.5 Å². The summed E-state index contributed by atoms with van der Waals surface area (Å²) in [6.45, 7) is 4.28. The van der Waals surface area contributed by atoms with Crippen LogP contribution in [0, 0.1) is 0 Å². The lowest BCUT2D eigenvalue weighted by molar-refractivity contribution is -0.142. The maximum absolute atomic E-state index is 13.8. The number of aryl methyl sites for hydroxylation is 2. The Morgan fingerprint density at radius 3 is 2.57 bits per heavy atom. The van der Waals surface area contributed by atoms with Gasteiger partial charge in [0, 0.05) is 24.5 Å². The molecule has 0 saturated carbocycles. The van der Waals surface area contributed by atoms with E-state index in [1.165, 1.54) is 35.3 Å². The second-order valence-electron chi connectivity index (χ2n) is 7.68. The van der Waals surface area contributed by atoms with Gasteiger partial charge < -0.3 is 10.6 Å². The molecule has 4 aromatic rings. The second kappa shape index (κ2) is 9.49. The van der Waals surface area contributed by atoms with Crippen LogP contribution < -0.4 is 10.6 Å². The van der Waals surface area contributed by atoms with E-state index in [2.05, 4.69) is 25.8 Å². The van der Waals surface area contributed by atoms with Crippen LogP contribution in [-0.4, -0.2) is 42.7 Å². The van der Waals surface area contributed by atoms with E-state index in [-0.39, 0.29) is 28.4 Å². The minimum Gasteiger partial charge on any atom is -0.351 e. The average molecular weight is 506 g/mol. The molecule has 0 aliphatic carbocycles. The number of carbonyl (C=O) groups excluding carboxylic acids is 2. The van der Waals surface area contributed by atoms with Gasteiger partial charge in [-0.1, -0.05) is 13.8 Å². The van der Waals surface area contributed by atoms with Crippen molar-refractivity contribution in [3.05, 3.63) is 52.4 Å². The van der Waals surface area contributed by atoms with Gasteiger partial charge in [-0.05, 0) is 31.0 Å². The van der Waals surface area contributed by atoms with Crippen molar-refractivity contribution < 1.29 is 22.8 Å². The lowest BCUT2D eigenvalue weighted by Crippen LogP contribution is -2.27. The maximum Gasteiger partial charge on any atom is 0.433 e. The van der Waals surface area contributed by atoms with Crippen LogP contribution in [0.15, 0.2) is 30.5 Å². The summed E-state index contributed by atoms with van der Waals surface area (Å²) < 4.78 is 43.4. The molecule has 0 atom stereocenters. The molecule has 184 valence electrons. The number of halogens is 3. The molecule has 0 radical (unpaired) electrons. The third-order valence-corrected chi connectivity index (χ3v) is 6.40. The summed E-state index contributed by atoms with van der Waals surface area (Å²) in [6.07, 6.45) is -1.97. The van der Waals surface area contributed by atoms with Gasteiger partial charge in [0.2, 0.25) is 0 Å². The van der Waals surface area contributed by atoms with Gasteiger partial charge in [-0.2, -0.15) is 23.4 Å². The smallest absolute Gasteiger partial charge is 0.351 e. The number of carbonyl (C=O) groups is 2. The monoisotopic (exact) mass is 505 g/mol. The Kier molecular flexibility index (Phi) is 6.61. The fourth-order valence-electron chi connectivity index (χ4n) is 3.43. The highest BCUT2D eigenvalue weighted by atomic mass is 32.1. The van der Waals surface area contributed by atoms with Crippen molar-refractivity contribution in [2.24, 2.45) is 7.05 Å². The number of nitrogens with zero attached hydrogens (tertiary/aromatic N) is 5. The lowest BCUT2D eigenvalue weighted by atomic mass is 10.2. The van der Waals surface area contributed by atoms with Crippen molar-refractivity contribution in [2.45, 2.75) is 32.9 Å². The van der Waals surface area contributed by atoms with Gasteiger partial charge in [0.25, 0.3) is 11.8 Å². The largest absolute Gasteiger partial charge is 0.433 e. The molecule has 13 heteroatoms. The van der Waals surface area contributed by atoms with Crippen molar-refractivity contribution in [3.63, 3.8) is 0 Å². The Morgan fingerprint density at radius 1 is 1.14 bits per heavy atom. The highest BCUT2D eigenvalue weighted by molar-refractivity contribution is 7.15. The standard InChI is InChI=1S/C22H22F3N7O2S/c1-4-8-26-21(34)19-15(11-27-31(19)3)29-20(33)14-10-18-28-13(16-7-6-12(5-2)35-16)9-17(22(23,24)25)32(18)30-14/h6-7,9-11H,4-5,8H2,1-3H3,(H,26,34)(H,29,33). The molecular weight excluding hydrogens is 483 g/mol. The number of hydrogen-bond donors (Lipinski definition) is 2.